The fraction of sp³-hybridized carbons (Fsp3) is 0.812. The highest BCUT2D eigenvalue weighted by Gasteiger charge is 2.29. The van der Waals surface area contributed by atoms with Crippen molar-refractivity contribution >= 4 is 16.5 Å². The lowest BCUT2D eigenvalue weighted by atomic mass is 9.75. The molecule has 0 unspecified atom stereocenters. The molecule has 3 nitrogen and oxygen atoms in total. The zero-order chi connectivity index (χ0) is 14.8. The first kappa shape index (κ1) is 15.8. The van der Waals surface area contributed by atoms with Crippen LogP contribution in [-0.2, 0) is 13.0 Å². The Balaban J connectivity index is 2.03. The highest BCUT2D eigenvalue weighted by Crippen LogP contribution is 2.37. The Kier molecular flexibility index (Phi) is 5.08. The van der Waals surface area contributed by atoms with E-state index in [-0.39, 0.29) is 6.61 Å². The van der Waals surface area contributed by atoms with Crippen LogP contribution in [0.1, 0.15) is 57.5 Å². The van der Waals surface area contributed by atoms with E-state index in [9.17, 15) is 5.11 Å². The molecule has 1 aromatic rings. The first-order valence-corrected chi connectivity index (χ1v) is 8.61. The quantitative estimate of drug-likeness (QED) is 0.917. The summed E-state index contributed by atoms with van der Waals surface area (Å²) < 4.78 is 0. The third-order valence-corrected chi connectivity index (χ3v) is 5.53. The Hall–Kier alpha value is -0.610. The molecule has 0 radical (unpaired) electrons. The van der Waals surface area contributed by atoms with Crippen LogP contribution >= 0.6 is 11.3 Å². The molecule has 0 spiro atoms. The number of aliphatic hydroxyl groups excluding tert-OH is 1. The van der Waals surface area contributed by atoms with Crippen LogP contribution in [0, 0.1) is 11.3 Å². The monoisotopic (exact) mass is 296 g/mol. The lowest BCUT2D eigenvalue weighted by Gasteiger charge is -2.38. The van der Waals surface area contributed by atoms with Gasteiger partial charge in [0.25, 0.3) is 0 Å². The van der Waals surface area contributed by atoms with E-state index in [4.69, 9.17) is 4.98 Å². The molecule has 0 atom stereocenters. The number of anilines is 1. The second kappa shape index (κ2) is 6.44. The number of aryl methyl sites for hydroxylation is 1. The summed E-state index contributed by atoms with van der Waals surface area (Å²) in [6.07, 6.45) is 4.56. The number of aromatic nitrogens is 1. The predicted octanol–water partition coefficient (Wildman–Crippen LogP) is 3.85. The first-order valence-electron chi connectivity index (χ1n) is 7.80. The second-order valence-electron chi connectivity index (χ2n) is 6.90. The summed E-state index contributed by atoms with van der Waals surface area (Å²) in [5.41, 5.74) is 1.52. The van der Waals surface area contributed by atoms with E-state index in [1.54, 1.807) is 11.3 Å². The first-order chi connectivity index (χ1) is 9.45. The molecule has 1 aliphatic rings. The van der Waals surface area contributed by atoms with E-state index in [0.29, 0.717) is 5.41 Å². The standard InChI is InChI=1S/C16H28N2OS/c1-5-6-13-14(11-19)20-15(17-13)18-9-7-12(8-10-18)16(2,3)4/h12,19H,5-11H2,1-4H3. The van der Waals surface area contributed by atoms with Gasteiger partial charge in [0.2, 0.25) is 0 Å². The number of thiazole rings is 1. The van der Waals surface area contributed by atoms with E-state index in [1.807, 2.05) is 0 Å². The number of rotatable bonds is 4. The summed E-state index contributed by atoms with van der Waals surface area (Å²) in [4.78, 5) is 8.23. The van der Waals surface area contributed by atoms with Gasteiger partial charge in [0.15, 0.2) is 5.13 Å². The highest BCUT2D eigenvalue weighted by molar-refractivity contribution is 7.15. The number of hydrogen-bond donors (Lipinski definition) is 1. The zero-order valence-corrected chi connectivity index (χ0v) is 14.1. The largest absolute Gasteiger partial charge is 0.391 e. The van der Waals surface area contributed by atoms with E-state index >= 15 is 0 Å². The van der Waals surface area contributed by atoms with Crippen LogP contribution in [0.2, 0.25) is 0 Å². The van der Waals surface area contributed by atoms with Crippen LogP contribution < -0.4 is 4.90 Å². The molecule has 2 heterocycles. The predicted molar refractivity (Wildman–Crippen MR) is 86.4 cm³/mol. The van der Waals surface area contributed by atoms with Gasteiger partial charge in [-0.25, -0.2) is 4.98 Å². The number of hydrogen-bond acceptors (Lipinski definition) is 4. The SMILES string of the molecule is CCCc1nc(N2CCC(C(C)(C)C)CC2)sc1CO. The summed E-state index contributed by atoms with van der Waals surface area (Å²) in [5, 5.41) is 10.6. The van der Waals surface area contributed by atoms with Gasteiger partial charge in [-0.2, -0.15) is 0 Å². The second-order valence-corrected chi connectivity index (χ2v) is 7.96. The average Bonchev–Trinajstić information content (AvgIpc) is 2.81. The Morgan fingerprint density at radius 3 is 2.45 bits per heavy atom. The molecule has 0 bridgehead atoms. The van der Waals surface area contributed by atoms with Crippen LogP contribution in [0.3, 0.4) is 0 Å². The fourth-order valence-electron chi connectivity index (χ4n) is 3.00. The zero-order valence-electron chi connectivity index (χ0n) is 13.3. The summed E-state index contributed by atoms with van der Waals surface area (Å²) in [6, 6.07) is 0. The van der Waals surface area contributed by atoms with E-state index in [0.717, 1.165) is 47.6 Å². The van der Waals surface area contributed by atoms with Crippen LogP contribution in [0.4, 0.5) is 5.13 Å². The molecule has 1 N–H and O–H groups in total. The highest BCUT2D eigenvalue weighted by atomic mass is 32.1. The number of piperidine rings is 1. The molecule has 1 aromatic heterocycles. The van der Waals surface area contributed by atoms with Gasteiger partial charge in [-0.05, 0) is 30.6 Å². The third kappa shape index (κ3) is 3.53. The van der Waals surface area contributed by atoms with Crippen molar-refractivity contribution in [1.82, 2.24) is 4.98 Å². The van der Waals surface area contributed by atoms with Gasteiger partial charge >= 0.3 is 0 Å². The topological polar surface area (TPSA) is 36.4 Å². The summed E-state index contributed by atoms with van der Waals surface area (Å²) >= 11 is 1.68. The van der Waals surface area contributed by atoms with E-state index < -0.39 is 0 Å². The van der Waals surface area contributed by atoms with Crippen molar-refractivity contribution in [3.05, 3.63) is 10.6 Å². The van der Waals surface area contributed by atoms with E-state index in [1.165, 1.54) is 12.8 Å². The van der Waals surface area contributed by atoms with Crippen LogP contribution in [0.15, 0.2) is 0 Å². The minimum Gasteiger partial charge on any atom is -0.391 e. The smallest absolute Gasteiger partial charge is 0.185 e. The van der Waals surface area contributed by atoms with Crippen molar-refractivity contribution in [1.29, 1.82) is 0 Å². The third-order valence-electron chi connectivity index (χ3n) is 4.39. The van der Waals surface area contributed by atoms with Crippen molar-refractivity contribution in [2.24, 2.45) is 11.3 Å². The van der Waals surface area contributed by atoms with Crippen LogP contribution in [0.25, 0.3) is 0 Å². The van der Waals surface area contributed by atoms with Crippen LogP contribution in [-0.4, -0.2) is 23.2 Å². The molecule has 0 amide bonds. The molecular weight excluding hydrogens is 268 g/mol. The normalized spacial score (nSPS) is 17.8. The minimum atomic E-state index is 0.130. The van der Waals surface area contributed by atoms with Crippen molar-refractivity contribution < 1.29 is 5.11 Å². The number of nitrogens with zero attached hydrogens (tertiary/aromatic N) is 2. The molecule has 20 heavy (non-hydrogen) atoms. The molecule has 4 heteroatoms. The molecule has 0 aliphatic carbocycles. The molecule has 0 saturated carbocycles. The molecule has 0 aromatic carbocycles. The summed E-state index contributed by atoms with van der Waals surface area (Å²) in [5.74, 6) is 0.811. The number of aliphatic hydroxyl groups is 1. The lowest BCUT2D eigenvalue weighted by Crippen LogP contribution is -2.38. The molecule has 114 valence electrons. The molecular formula is C16H28N2OS. The van der Waals surface area contributed by atoms with Gasteiger partial charge in [0.1, 0.15) is 0 Å². The van der Waals surface area contributed by atoms with Gasteiger partial charge in [0, 0.05) is 13.1 Å². The van der Waals surface area contributed by atoms with Crippen molar-refractivity contribution in [2.75, 3.05) is 18.0 Å². The fourth-order valence-corrected chi connectivity index (χ4v) is 4.02. The Labute approximate surface area is 127 Å². The maximum Gasteiger partial charge on any atom is 0.185 e. The molecule has 1 aliphatic heterocycles. The van der Waals surface area contributed by atoms with Crippen molar-refractivity contribution in [3.8, 4) is 0 Å². The van der Waals surface area contributed by atoms with Crippen molar-refractivity contribution in [3.63, 3.8) is 0 Å². The maximum absolute atomic E-state index is 9.46. The molecule has 2 rings (SSSR count). The Bertz CT molecular complexity index is 428. The maximum atomic E-state index is 9.46. The molecule has 1 saturated heterocycles. The van der Waals surface area contributed by atoms with Crippen molar-refractivity contribution in [2.45, 2.75) is 60.0 Å². The van der Waals surface area contributed by atoms with Gasteiger partial charge < -0.3 is 10.0 Å². The molecule has 1 fully saturated rings. The lowest BCUT2D eigenvalue weighted by molar-refractivity contribution is 0.199. The average molecular weight is 296 g/mol. The van der Waals surface area contributed by atoms with Gasteiger partial charge in [-0.1, -0.05) is 45.5 Å². The van der Waals surface area contributed by atoms with Crippen LogP contribution in [0.5, 0.6) is 0 Å². The van der Waals surface area contributed by atoms with Gasteiger partial charge in [-0.15, -0.1) is 0 Å². The van der Waals surface area contributed by atoms with E-state index in [2.05, 4.69) is 32.6 Å². The van der Waals surface area contributed by atoms with Gasteiger partial charge in [-0.3, -0.25) is 0 Å². The summed E-state index contributed by atoms with van der Waals surface area (Å²) in [7, 11) is 0. The Morgan fingerprint density at radius 1 is 1.30 bits per heavy atom. The Morgan fingerprint density at radius 2 is 1.95 bits per heavy atom. The minimum absolute atomic E-state index is 0.130. The summed E-state index contributed by atoms with van der Waals surface area (Å²) in [6.45, 7) is 11.5. The van der Waals surface area contributed by atoms with Gasteiger partial charge in [0.05, 0.1) is 17.2 Å².